The summed E-state index contributed by atoms with van der Waals surface area (Å²) < 4.78 is 1.09. The molecule has 0 saturated heterocycles. The maximum atomic E-state index is 4.02. The Morgan fingerprint density at radius 3 is 3.00 bits per heavy atom. The first-order chi connectivity index (χ1) is 5.74. The number of rotatable bonds is 3. The van der Waals surface area contributed by atoms with E-state index in [1.54, 1.807) is 0 Å². The Balaban J connectivity index is 2.69. The molecule has 0 aliphatic carbocycles. The summed E-state index contributed by atoms with van der Waals surface area (Å²) in [6.45, 7) is 4.43. The van der Waals surface area contributed by atoms with E-state index in [0.29, 0.717) is 5.25 Å². The fourth-order valence-corrected chi connectivity index (χ4v) is 2.19. The molecule has 1 aromatic rings. The van der Waals surface area contributed by atoms with Gasteiger partial charge in [0.05, 0.1) is 0 Å². The van der Waals surface area contributed by atoms with E-state index < -0.39 is 0 Å². The molecule has 1 nitrogen and oxygen atoms in total. The molecule has 0 aromatic carbocycles. The van der Waals surface area contributed by atoms with E-state index in [0.717, 1.165) is 4.47 Å². The molecule has 1 unspecified atom stereocenters. The van der Waals surface area contributed by atoms with Crippen LogP contribution in [0.2, 0.25) is 0 Å². The molecule has 0 saturated carbocycles. The van der Waals surface area contributed by atoms with Crippen LogP contribution in [-0.4, -0.2) is 10.2 Å². The zero-order valence-corrected chi connectivity index (χ0v) is 9.65. The quantitative estimate of drug-likeness (QED) is 0.753. The third-order valence-corrected chi connectivity index (χ3v) is 3.88. The molecule has 0 spiro atoms. The van der Waals surface area contributed by atoms with E-state index in [4.69, 9.17) is 0 Å². The molecule has 1 rings (SSSR count). The van der Waals surface area contributed by atoms with Crippen molar-refractivity contribution >= 4 is 27.7 Å². The van der Waals surface area contributed by atoms with Gasteiger partial charge in [-0.15, -0.1) is 11.8 Å². The summed E-state index contributed by atoms with van der Waals surface area (Å²) >= 11 is 5.35. The molecule has 0 bridgehead atoms. The van der Waals surface area contributed by atoms with Gasteiger partial charge in [-0.25, -0.2) is 0 Å². The second-order valence-corrected chi connectivity index (χ2v) is 4.98. The second kappa shape index (κ2) is 4.87. The number of nitrogens with zero attached hydrogens (tertiary/aromatic N) is 1. The number of aromatic nitrogens is 1. The largest absolute Gasteiger partial charge is 0.263 e. The van der Waals surface area contributed by atoms with E-state index in [-0.39, 0.29) is 0 Å². The highest BCUT2D eigenvalue weighted by atomic mass is 79.9. The Morgan fingerprint density at radius 2 is 2.42 bits per heavy atom. The molecule has 12 heavy (non-hydrogen) atoms. The molecule has 0 aliphatic heterocycles. The number of halogens is 1. The van der Waals surface area contributed by atoms with Crippen LogP contribution in [0, 0.1) is 0 Å². The van der Waals surface area contributed by atoms with Crippen LogP contribution in [0.3, 0.4) is 0 Å². The van der Waals surface area contributed by atoms with Gasteiger partial charge in [-0.05, 0) is 28.4 Å². The highest BCUT2D eigenvalue weighted by Crippen LogP contribution is 2.30. The minimum atomic E-state index is 0.670. The molecule has 66 valence electrons. The third-order valence-electron chi connectivity index (χ3n) is 1.64. The Labute approximate surface area is 86.1 Å². The average molecular weight is 246 g/mol. The molecule has 0 aliphatic rings. The van der Waals surface area contributed by atoms with Crippen LogP contribution < -0.4 is 0 Å². The number of hydrogen-bond acceptors (Lipinski definition) is 2. The second-order valence-electron chi connectivity index (χ2n) is 2.64. The molecular formula is C9H12BrNS. The Hall–Kier alpha value is -0.0200. The lowest BCUT2D eigenvalue weighted by atomic mass is 10.4. The smallest absolute Gasteiger partial charge is 0.0494 e. The van der Waals surface area contributed by atoms with Crippen molar-refractivity contribution in [1.29, 1.82) is 0 Å². The van der Waals surface area contributed by atoms with E-state index in [1.807, 2.05) is 30.2 Å². The van der Waals surface area contributed by atoms with Crippen molar-refractivity contribution in [3.8, 4) is 0 Å². The maximum absolute atomic E-state index is 4.02. The number of hydrogen-bond donors (Lipinski definition) is 0. The van der Waals surface area contributed by atoms with Crippen molar-refractivity contribution in [1.82, 2.24) is 4.98 Å². The molecule has 1 aromatic heterocycles. The summed E-state index contributed by atoms with van der Waals surface area (Å²) in [5.41, 5.74) is 0. The van der Waals surface area contributed by atoms with Crippen LogP contribution in [0.5, 0.6) is 0 Å². The van der Waals surface area contributed by atoms with Crippen molar-refractivity contribution in [2.24, 2.45) is 0 Å². The van der Waals surface area contributed by atoms with Crippen LogP contribution >= 0.6 is 27.7 Å². The van der Waals surface area contributed by atoms with E-state index in [2.05, 4.69) is 34.8 Å². The van der Waals surface area contributed by atoms with Crippen molar-refractivity contribution in [3.05, 3.63) is 22.9 Å². The minimum Gasteiger partial charge on any atom is -0.263 e. The summed E-state index contributed by atoms with van der Waals surface area (Å²) in [6.07, 6.45) is 4.86. The van der Waals surface area contributed by atoms with Crippen LogP contribution in [0.15, 0.2) is 27.8 Å². The molecule has 1 atom stereocenters. The first-order valence-corrected chi connectivity index (χ1v) is 5.67. The molecule has 0 fully saturated rings. The van der Waals surface area contributed by atoms with Crippen LogP contribution in [0.1, 0.15) is 20.3 Å². The van der Waals surface area contributed by atoms with E-state index in [1.165, 1.54) is 11.3 Å². The van der Waals surface area contributed by atoms with Crippen molar-refractivity contribution in [2.75, 3.05) is 0 Å². The zero-order chi connectivity index (χ0) is 8.97. The monoisotopic (exact) mass is 245 g/mol. The lowest BCUT2D eigenvalue weighted by molar-refractivity contribution is 0.905. The fraction of sp³-hybridized carbons (Fsp3) is 0.444. The molecular weight excluding hydrogens is 234 g/mol. The molecule has 1 heterocycles. The van der Waals surface area contributed by atoms with Crippen molar-refractivity contribution in [2.45, 2.75) is 30.4 Å². The zero-order valence-electron chi connectivity index (χ0n) is 7.25. The van der Waals surface area contributed by atoms with Crippen molar-refractivity contribution < 1.29 is 0 Å². The third kappa shape index (κ3) is 2.79. The summed E-state index contributed by atoms with van der Waals surface area (Å²) in [5, 5.41) is 0.670. The summed E-state index contributed by atoms with van der Waals surface area (Å²) in [4.78, 5) is 5.30. The standard InChI is InChI=1S/C9H12BrNS/c1-3-7(2)12-9-4-5-11-6-8(9)10/h4-7H,3H2,1-2H3. The van der Waals surface area contributed by atoms with Gasteiger partial charge in [-0.1, -0.05) is 13.8 Å². The summed E-state index contributed by atoms with van der Waals surface area (Å²) in [6, 6.07) is 2.04. The number of thioether (sulfide) groups is 1. The summed E-state index contributed by atoms with van der Waals surface area (Å²) in [7, 11) is 0. The first-order valence-electron chi connectivity index (χ1n) is 4.00. The first kappa shape index (κ1) is 10.1. The average Bonchev–Trinajstić information content (AvgIpc) is 2.09. The fourth-order valence-electron chi connectivity index (χ4n) is 0.758. The Bertz CT molecular complexity index is 252. The maximum Gasteiger partial charge on any atom is 0.0494 e. The molecule has 0 radical (unpaired) electrons. The van der Waals surface area contributed by atoms with Crippen LogP contribution in [0.4, 0.5) is 0 Å². The lowest BCUT2D eigenvalue weighted by Gasteiger charge is -2.08. The number of pyridine rings is 1. The molecule has 3 heteroatoms. The van der Waals surface area contributed by atoms with Gasteiger partial charge in [0.25, 0.3) is 0 Å². The topological polar surface area (TPSA) is 12.9 Å². The molecule has 0 N–H and O–H groups in total. The van der Waals surface area contributed by atoms with Crippen molar-refractivity contribution in [3.63, 3.8) is 0 Å². The van der Waals surface area contributed by atoms with Gasteiger partial charge in [0.15, 0.2) is 0 Å². The Morgan fingerprint density at radius 1 is 1.67 bits per heavy atom. The van der Waals surface area contributed by atoms with Gasteiger partial charge in [0, 0.05) is 27.0 Å². The van der Waals surface area contributed by atoms with E-state index in [9.17, 15) is 0 Å². The van der Waals surface area contributed by atoms with E-state index >= 15 is 0 Å². The van der Waals surface area contributed by atoms with Crippen LogP contribution in [-0.2, 0) is 0 Å². The Kier molecular flexibility index (Phi) is 4.09. The van der Waals surface area contributed by atoms with Crippen LogP contribution in [0.25, 0.3) is 0 Å². The minimum absolute atomic E-state index is 0.670. The highest BCUT2D eigenvalue weighted by Gasteiger charge is 2.04. The predicted octanol–water partition coefficient (Wildman–Crippen LogP) is 3.73. The van der Waals surface area contributed by atoms with Gasteiger partial charge >= 0.3 is 0 Å². The van der Waals surface area contributed by atoms with Gasteiger partial charge in [-0.2, -0.15) is 0 Å². The summed E-state index contributed by atoms with van der Waals surface area (Å²) in [5.74, 6) is 0. The molecule has 0 amide bonds. The van der Waals surface area contributed by atoms with Gasteiger partial charge in [0.2, 0.25) is 0 Å². The predicted molar refractivity (Wildman–Crippen MR) is 57.5 cm³/mol. The van der Waals surface area contributed by atoms with Gasteiger partial charge < -0.3 is 0 Å². The highest BCUT2D eigenvalue weighted by molar-refractivity contribution is 9.10. The van der Waals surface area contributed by atoms with Gasteiger partial charge in [-0.3, -0.25) is 4.98 Å². The normalized spacial score (nSPS) is 12.9. The van der Waals surface area contributed by atoms with Gasteiger partial charge in [0.1, 0.15) is 0 Å². The SMILES string of the molecule is CCC(C)Sc1ccncc1Br. The lowest BCUT2D eigenvalue weighted by Crippen LogP contribution is -1.92.